The second kappa shape index (κ2) is 4.77. The fraction of sp³-hybridized carbons (Fsp3) is 0.727. The summed E-state index contributed by atoms with van der Waals surface area (Å²) in [5, 5.41) is 14.0. The van der Waals surface area contributed by atoms with Gasteiger partial charge in [0.1, 0.15) is 0 Å². The Hall–Kier alpha value is -0.870. The van der Waals surface area contributed by atoms with Crippen LogP contribution in [0.4, 0.5) is 0 Å². The highest BCUT2D eigenvalue weighted by Crippen LogP contribution is 2.19. The molecule has 1 aliphatic heterocycles. The predicted octanol–water partition coefficient (Wildman–Crippen LogP) is 0.843. The van der Waals surface area contributed by atoms with Crippen molar-refractivity contribution in [3.63, 3.8) is 0 Å². The normalized spacial score (nSPS) is 26.8. The second-order valence-corrected chi connectivity index (χ2v) is 4.10. The zero-order valence-electron chi connectivity index (χ0n) is 9.09. The first-order chi connectivity index (χ1) is 7.29. The lowest BCUT2D eigenvalue weighted by molar-refractivity contribution is -0.0350. The Morgan fingerprint density at radius 1 is 1.67 bits per heavy atom. The van der Waals surface area contributed by atoms with E-state index in [1.807, 2.05) is 17.1 Å². The molecule has 0 radical (unpaired) electrons. The van der Waals surface area contributed by atoms with E-state index in [0.29, 0.717) is 13.2 Å². The molecule has 0 bridgehead atoms. The molecule has 2 atom stereocenters. The van der Waals surface area contributed by atoms with Crippen LogP contribution in [0.3, 0.4) is 0 Å². The second-order valence-electron chi connectivity index (χ2n) is 4.10. The van der Waals surface area contributed by atoms with E-state index in [-0.39, 0.29) is 12.0 Å². The quantitative estimate of drug-likeness (QED) is 0.804. The molecule has 1 aliphatic rings. The fourth-order valence-electron chi connectivity index (χ4n) is 1.97. The number of aliphatic hydroxyl groups excluding tert-OH is 1. The van der Waals surface area contributed by atoms with Gasteiger partial charge in [0.2, 0.25) is 0 Å². The molecule has 4 nitrogen and oxygen atoms in total. The van der Waals surface area contributed by atoms with Crippen molar-refractivity contribution in [2.75, 3.05) is 13.2 Å². The molecule has 1 saturated heterocycles. The molecule has 0 spiro atoms. The van der Waals surface area contributed by atoms with Gasteiger partial charge in [0, 0.05) is 25.3 Å². The van der Waals surface area contributed by atoms with Crippen LogP contribution in [0, 0.1) is 5.92 Å². The first-order valence-electron chi connectivity index (χ1n) is 5.56. The molecule has 0 aromatic carbocycles. The molecule has 84 valence electrons. The van der Waals surface area contributed by atoms with Crippen molar-refractivity contribution in [3.05, 3.63) is 18.0 Å². The SMILES string of the molecule is CCn1cc(CC2COCCC2O)cn1. The van der Waals surface area contributed by atoms with Crippen LogP contribution in [-0.2, 0) is 17.7 Å². The summed E-state index contributed by atoms with van der Waals surface area (Å²) in [5.41, 5.74) is 1.19. The van der Waals surface area contributed by atoms with Gasteiger partial charge in [0.25, 0.3) is 0 Å². The number of aryl methyl sites for hydroxylation is 1. The van der Waals surface area contributed by atoms with Gasteiger partial charge < -0.3 is 9.84 Å². The highest BCUT2D eigenvalue weighted by Gasteiger charge is 2.24. The molecular formula is C11H18N2O2. The minimum absolute atomic E-state index is 0.219. The molecule has 0 amide bonds. The number of rotatable bonds is 3. The summed E-state index contributed by atoms with van der Waals surface area (Å²) in [6.45, 7) is 4.31. The monoisotopic (exact) mass is 210 g/mol. The van der Waals surface area contributed by atoms with Gasteiger partial charge in [-0.2, -0.15) is 5.10 Å². The fourth-order valence-corrected chi connectivity index (χ4v) is 1.97. The van der Waals surface area contributed by atoms with Gasteiger partial charge >= 0.3 is 0 Å². The molecule has 0 saturated carbocycles. The molecule has 0 aliphatic carbocycles. The van der Waals surface area contributed by atoms with Crippen LogP contribution in [0.1, 0.15) is 18.9 Å². The highest BCUT2D eigenvalue weighted by molar-refractivity contribution is 5.05. The summed E-state index contributed by atoms with van der Waals surface area (Å²) in [7, 11) is 0. The standard InChI is InChI=1S/C11H18N2O2/c1-2-13-7-9(6-12-13)5-10-8-15-4-3-11(10)14/h6-7,10-11,14H,2-5,8H2,1H3. The third-order valence-corrected chi connectivity index (χ3v) is 2.94. The maximum absolute atomic E-state index is 9.79. The van der Waals surface area contributed by atoms with Crippen LogP contribution in [0.25, 0.3) is 0 Å². The van der Waals surface area contributed by atoms with Crippen LogP contribution in [0.5, 0.6) is 0 Å². The predicted molar refractivity (Wildman–Crippen MR) is 56.5 cm³/mol. The molecule has 1 fully saturated rings. The van der Waals surface area contributed by atoms with Gasteiger partial charge in [-0.1, -0.05) is 0 Å². The molecule has 1 N–H and O–H groups in total. The first kappa shape index (κ1) is 10.6. The summed E-state index contributed by atoms with van der Waals surface area (Å²) >= 11 is 0. The van der Waals surface area contributed by atoms with E-state index in [1.165, 1.54) is 5.56 Å². The molecule has 1 aromatic heterocycles. The highest BCUT2D eigenvalue weighted by atomic mass is 16.5. The van der Waals surface area contributed by atoms with Crippen LogP contribution < -0.4 is 0 Å². The van der Waals surface area contributed by atoms with Gasteiger partial charge in [-0.3, -0.25) is 4.68 Å². The molecule has 15 heavy (non-hydrogen) atoms. The average molecular weight is 210 g/mol. The zero-order chi connectivity index (χ0) is 10.7. The van der Waals surface area contributed by atoms with Crippen molar-refractivity contribution >= 4 is 0 Å². The van der Waals surface area contributed by atoms with Crippen LogP contribution in [0.2, 0.25) is 0 Å². The Morgan fingerprint density at radius 3 is 3.20 bits per heavy atom. The van der Waals surface area contributed by atoms with Crippen LogP contribution in [-0.4, -0.2) is 34.2 Å². The summed E-state index contributed by atoms with van der Waals surface area (Å²) in [6.07, 6.45) is 5.32. The van der Waals surface area contributed by atoms with Crippen molar-refractivity contribution in [2.45, 2.75) is 32.4 Å². The van der Waals surface area contributed by atoms with E-state index in [2.05, 4.69) is 12.0 Å². The Balaban J connectivity index is 1.95. The van der Waals surface area contributed by atoms with E-state index >= 15 is 0 Å². The average Bonchev–Trinajstić information content (AvgIpc) is 2.69. The molecule has 1 aromatic rings. The number of aliphatic hydroxyl groups is 1. The molecule has 2 unspecified atom stereocenters. The number of aromatic nitrogens is 2. The van der Waals surface area contributed by atoms with Gasteiger partial charge in [0.05, 0.1) is 18.9 Å². The Kier molecular flexibility index (Phi) is 3.38. The van der Waals surface area contributed by atoms with E-state index in [1.54, 1.807) is 0 Å². The largest absolute Gasteiger partial charge is 0.393 e. The number of nitrogens with zero attached hydrogens (tertiary/aromatic N) is 2. The van der Waals surface area contributed by atoms with Crippen molar-refractivity contribution in [3.8, 4) is 0 Å². The summed E-state index contributed by atoms with van der Waals surface area (Å²) < 4.78 is 7.28. The van der Waals surface area contributed by atoms with Gasteiger partial charge in [-0.15, -0.1) is 0 Å². The van der Waals surface area contributed by atoms with Gasteiger partial charge in [0.15, 0.2) is 0 Å². The van der Waals surface area contributed by atoms with E-state index in [4.69, 9.17) is 4.74 Å². The Morgan fingerprint density at radius 2 is 2.53 bits per heavy atom. The minimum atomic E-state index is -0.219. The van der Waals surface area contributed by atoms with Crippen LogP contribution >= 0.6 is 0 Å². The summed E-state index contributed by atoms with van der Waals surface area (Å²) in [4.78, 5) is 0. The third kappa shape index (κ3) is 2.58. The lowest BCUT2D eigenvalue weighted by Gasteiger charge is -2.27. The first-order valence-corrected chi connectivity index (χ1v) is 5.56. The maximum atomic E-state index is 9.79. The van der Waals surface area contributed by atoms with Gasteiger partial charge in [-0.05, 0) is 25.3 Å². The van der Waals surface area contributed by atoms with Crippen molar-refractivity contribution < 1.29 is 9.84 Å². The van der Waals surface area contributed by atoms with E-state index in [9.17, 15) is 5.11 Å². The number of hydrogen-bond acceptors (Lipinski definition) is 3. The summed E-state index contributed by atoms with van der Waals surface area (Å²) in [6, 6.07) is 0. The molecule has 4 heteroatoms. The lowest BCUT2D eigenvalue weighted by atomic mass is 9.93. The Bertz CT molecular complexity index is 311. The zero-order valence-corrected chi connectivity index (χ0v) is 9.09. The minimum Gasteiger partial charge on any atom is -0.393 e. The Labute approximate surface area is 89.9 Å². The van der Waals surface area contributed by atoms with Crippen molar-refractivity contribution in [1.29, 1.82) is 0 Å². The lowest BCUT2D eigenvalue weighted by Crippen LogP contribution is -2.33. The molecular weight excluding hydrogens is 192 g/mol. The topological polar surface area (TPSA) is 47.3 Å². The van der Waals surface area contributed by atoms with E-state index in [0.717, 1.165) is 19.4 Å². The number of hydrogen-bond donors (Lipinski definition) is 1. The van der Waals surface area contributed by atoms with E-state index < -0.39 is 0 Å². The van der Waals surface area contributed by atoms with Crippen LogP contribution in [0.15, 0.2) is 12.4 Å². The maximum Gasteiger partial charge on any atom is 0.0615 e. The molecule has 2 heterocycles. The van der Waals surface area contributed by atoms with Crippen molar-refractivity contribution in [1.82, 2.24) is 9.78 Å². The summed E-state index contributed by atoms with van der Waals surface area (Å²) in [5.74, 6) is 0.230. The smallest absolute Gasteiger partial charge is 0.0615 e. The number of ether oxygens (including phenoxy) is 1. The molecule has 2 rings (SSSR count). The van der Waals surface area contributed by atoms with Crippen molar-refractivity contribution in [2.24, 2.45) is 5.92 Å². The third-order valence-electron chi connectivity index (χ3n) is 2.94. The van der Waals surface area contributed by atoms with Gasteiger partial charge in [-0.25, -0.2) is 0 Å².